The third-order valence-electron chi connectivity index (χ3n) is 5.57. The van der Waals surface area contributed by atoms with Crippen molar-refractivity contribution < 1.29 is 19.4 Å². The number of aromatic amines is 1. The molecular formula is C21H22Cl2N4O4S. The normalized spacial score (nSPS) is 15.6. The SMILES string of the molecule is Cc1[nH]c(C(=O)Nc2nc3c(OC(C)C4CCNCC4)cc(C(=O)O)cc3s2)c(Cl)c1Cl. The molecule has 32 heavy (non-hydrogen) atoms. The largest absolute Gasteiger partial charge is 0.488 e. The summed E-state index contributed by atoms with van der Waals surface area (Å²) in [6, 6.07) is 3.01. The minimum Gasteiger partial charge on any atom is -0.488 e. The maximum absolute atomic E-state index is 12.7. The number of hydrogen-bond acceptors (Lipinski definition) is 6. The fraction of sp³-hybridized carbons (Fsp3) is 0.381. The number of ether oxygens (including phenoxy) is 1. The summed E-state index contributed by atoms with van der Waals surface area (Å²) in [6.07, 6.45) is 1.87. The van der Waals surface area contributed by atoms with E-state index in [-0.39, 0.29) is 27.4 Å². The van der Waals surface area contributed by atoms with Gasteiger partial charge in [0.2, 0.25) is 0 Å². The molecule has 1 saturated heterocycles. The zero-order chi connectivity index (χ0) is 23.0. The summed E-state index contributed by atoms with van der Waals surface area (Å²) in [6.45, 7) is 5.56. The number of nitrogens with one attached hydrogen (secondary N) is 3. The lowest BCUT2D eigenvalue weighted by atomic mass is 9.93. The standard InChI is InChI=1S/C21H22Cl2N4O4S/c1-9-15(22)16(23)18(25-9)19(28)27-21-26-17-13(7-12(20(29)30)8-14(17)32-21)31-10(2)11-3-5-24-6-4-11/h7-8,10-11,24-25H,3-6H2,1-2H3,(H,29,30)(H,26,27,28). The van der Waals surface area contributed by atoms with Gasteiger partial charge >= 0.3 is 5.97 Å². The second kappa shape index (κ2) is 9.27. The molecule has 8 nitrogen and oxygen atoms in total. The van der Waals surface area contributed by atoms with Crippen LogP contribution in [-0.4, -0.2) is 46.1 Å². The van der Waals surface area contributed by atoms with E-state index >= 15 is 0 Å². The van der Waals surface area contributed by atoms with Gasteiger partial charge < -0.3 is 20.1 Å². The molecule has 1 aromatic carbocycles. The highest BCUT2D eigenvalue weighted by Crippen LogP contribution is 2.36. The summed E-state index contributed by atoms with van der Waals surface area (Å²) < 4.78 is 6.79. The van der Waals surface area contributed by atoms with Crippen molar-refractivity contribution in [3.63, 3.8) is 0 Å². The van der Waals surface area contributed by atoms with E-state index in [0.29, 0.717) is 32.7 Å². The Balaban J connectivity index is 1.64. The van der Waals surface area contributed by atoms with Crippen molar-refractivity contribution in [2.75, 3.05) is 18.4 Å². The molecule has 11 heteroatoms. The minimum atomic E-state index is -1.06. The number of carboxylic acid groups (broad SMARTS) is 1. The summed E-state index contributed by atoms with van der Waals surface area (Å²) in [5.41, 5.74) is 1.32. The van der Waals surface area contributed by atoms with Gasteiger partial charge in [-0.1, -0.05) is 34.5 Å². The molecule has 3 heterocycles. The highest BCUT2D eigenvalue weighted by molar-refractivity contribution is 7.22. The van der Waals surface area contributed by atoms with Gasteiger partial charge in [0.05, 0.1) is 26.4 Å². The van der Waals surface area contributed by atoms with Gasteiger partial charge in [0.25, 0.3) is 5.91 Å². The molecular weight excluding hydrogens is 475 g/mol. The van der Waals surface area contributed by atoms with Crippen LogP contribution in [0.25, 0.3) is 10.2 Å². The van der Waals surface area contributed by atoms with Crippen LogP contribution in [0.5, 0.6) is 5.75 Å². The Morgan fingerprint density at radius 1 is 1.28 bits per heavy atom. The van der Waals surface area contributed by atoms with E-state index in [1.54, 1.807) is 6.92 Å². The first-order chi connectivity index (χ1) is 15.2. The molecule has 2 aromatic heterocycles. The lowest BCUT2D eigenvalue weighted by Gasteiger charge is -2.28. The van der Waals surface area contributed by atoms with Gasteiger partial charge in [0.1, 0.15) is 17.0 Å². The third kappa shape index (κ3) is 4.56. The molecule has 1 unspecified atom stereocenters. The van der Waals surface area contributed by atoms with Crippen molar-refractivity contribution in [2.24, 2.45) is 5.92 Å². The number of benzene rings is 1. The van der Waals surface area contributed by atoms with E-state index in [0.717, 1.165) is 37.3 Å². The molecule has 3 aromatic rings. The van der Waals surface area contributed by atoms with E-state index in [9.17, 15) is 14.7 Å². The van der Waals surface area contributed by atoms with Crippen molar-refractivity contribution >= 4 is 61.8 Å². The Labute approximate surface area is 198 Å². The fourth-order valence-corrected chi connectivity index (χ4v) is 5.10. The molecule has 1 amide bonds. The second-order valence-corrected chi connectivity index (χ2v) is 9.55. The molecule has 1 fully saturated rings. The van der Waals surface area contributed by atoms with Crippen molar-refractivity contribution in [1.82, 2.24) is 15.3 Å². The number of carbonyl (C=O) groups excluding carboxylic acids is 1. The number of piperidine rings is 1. The number of carbonyl (C=O) groups is 2. The average Bonchev–Trinajstić information content (AvgIpc) is 3.29. The third-order valence-corrected chi connectivity index (χ3v) is 7.43. The van der Waals surface area contributed by atoms with E-state index in [1.165, 1.54) is 12.1 Å². The molecule has 170 valence electrons. The highest BCUT2D eigenvalue weighted by Gasteiger charge is 2.24. The van der Waals surface area contributed by atoms with Gasteiger partial charge in [-0.15, -0.1) is 0 Å². The average molecular weight is 497 g/mol. The first-order valence-corrected chi connectivity index (χ1v) is 11.7. The van der Waals surface area contributed by atoms with Crippen LogP contribution in [0.4, 0.5) is 5.13 Å². The maximum Gasteiger partial charge on any atom is 0.335 e. The van der Waals surface area contributed by atoms with Gasteiger partial charge in [0.15, 0.2) is 5.13 Å². The topological polar surface area (TPSA) is 116 Å². The summed E-state index contributed by atoms with van der Waals surface area (Å²) in [5.74, 6) is -0.804. The van der Waals surface area contributed by atoms with Crippen LogP contribution in [0.2, 0.25) is 10.0 Å². The summed E-state index contributed by atoms with van der Waals surface area (Å²) in [4.78, 5) is 31.7. The van der Waals surface area contributed by atoms with Gasteiger partial charge in [-0.2, -0.15) is 0 Å². The molecule has 4 rings (SSSR count). The Hall–Kier alpha value is -2.33. The molecule has 0 bridgehead atoms. The number of H-pyrrole nitrogens is 1. The number of nitrogens with zero attached hydrogens (tertiary/aromatic N) is 1. The number of carboxylic acids is 1. The zero-order valence-electron chi connectivity index (χ0n) is 17.4. The van der Waals surface area contributed by atoms with Crippen LogP contribution in [-0.2, 0) is 0 Å². The summed E-state index contributed by atoms with van der Waals surface area (Å²) >= 11 is 13.4. The number of anilines is 1. The Morgan fingerprint density at radius 3 is 2.62 bits per heavy atom. The number of hydrogen-bond donors (Lipinski definition) is 4. The number of fused-ring (bicyclic) bond motifs is 1. The molecule has 0 aliphatic carbocycles. The fourth-order valence-electron chi connectivity index (χ4n) is 3.76. The molecule has 0 saturated carbocycles. The van der Waals surface area contributed by atoms with Gasteiger partial charge in [-0.3, -0.25) is 10.1 Å². The van der Waals surface area contributed by atoms with Crippen molar-refractivity contribution in [2.45, 2.75) is 32.8 Å². The highest BCUT2D eigenvalue weighted by atomic mass is 35.5. The number of aromatic carboxylic acids is 1. The zero-order valence-corrected chi connectivity index (χ0v) is 19.7. The molecule has 1 aliphatic rings. The number of amides is 1. The predicted octanol–water partition coefficient (Wildman–Crippen LogP) is 4.96. The van der Waals surface area contributed by atoms with Crippen molar-refractivity contribution in [3.8, 4) is 5.75 Å². The predicted molar refractivity (Wildman–Crippen MR) is 126 cm³/mol. The monoisotopic (exact) mass is 496 g/mol. The van der Waals surface area contributed by atoms with Crippen LogP contribution in [0, 0.1) is 12.8 Å². The smallest absolute Gasteiger partial charge is 0.335 e. The van der Waals surface area contributed by atoms with Crippen LogP contribution in [0.3, 0.4) is 0 Å². The number of aromatic nitrogens is 2. The van der Waals surface area contributed by atoms with E-state index < -0.39 is 11.9 Å². The summed E-state index contributed by atoms with van der Waals surface area (Å²) in [7, 11) is 0. The lowest BCUT2D eigenvalue weighted by molar-refractivity contribution is 0.0695. The lowest BCUT2D eigenvalue weighted by Crippen LogP contribution is -2.35. The minimum absolute atomic E-state index is 0.0985. The van der Waals surface area contributed by atoms with E-state index in [2.05, 4.69) is 20.6 Å². The van der Waals surface area contributed by atoms with Crippen molar-refractivity contribution in [3.05, 3.63) is 39.1 Å². The Bertz CT molecular complexity index is 1190. The molecule has 0 spiro atoms. The van der Waals surface area contributed by atoms with Crippen LogP contribution in [0.15, 0.2) is 12.1 Å². The van der Waals surface area contributed by atoms with Crippen LogP contribution in [0.1, 0.15) is 46.3 Å². The first kappa shape index (κ1) is 22.8. The van der Waals surface area contributed by atoms with Crippen molar-refractivity contribution in [1.29, 1.82) is 0 Å². The van der Waals surface area contributed by atoms with Crippen LogP contribution >= 0.6 is 34.5 Å². The molecule has 1 aliphatic heterocycles. The second-order valence-electron chi connectivity index (χ2n) is 7.76. The molecule has 1 atom stereocenters. The van der Waals surface area contributed by atoms with Crippen LogP contribution < -0.4 is 15.4 Å². The number of thiazole rings is 1. The number of rotatable bonds is 6. The van der Waals surface area contributed by atoms with E-state index in [4.69, 9.17) is 27.9 Å². The van der Waals surface area contributed by atoms with Gasteiger partial charge in [-0.25, -0.2) is 9.78 Å². The van der Waals surface area contributed by atoms with E-state index in [1.807, 2.05) is 6.92 Å². The number of aryl methyl sites for hydroxylation is 1. The first-order valence-electron chi connectivity index (χ1n) is 10.1. The van der Waals surface area contributed by atoms with Gasteiger partial charge in [-0.05, 0) is 57.8 Å². The number of halogens is 2. The molecule has 0 radical (unpaired) electrons. The Morgan fingerprint density at radius 2 is 2.00 bits per heavy atom. The summed E-state index contributed by atoms with van der Waals surface area (Å²) in [5, 5.41) is 16.3. The van der Waals surface area contributed by atoms with Gasteiger partial charge in [0, 0.05) is 5.69 Å². The molecule has 4 N–H and O–H groups in total. The quantitative estimate of drug-likeness (QED) is 0.383. The maximum atomic E-state index is 12.7. The Kier molecular flexibility index (Phi) is 6.62.